The Hall–Kier alpha value is -8.14. The second-order valence-corrected chi connectivity index (χ2v) is 16.1. The van der Waals surface area contributed by atoms with Crippen molar-refractivity contribution in [3.05, 3.63) is 253 Å². The maximum Gasteiger partial charge on any atom is 0.160 e. The van der Waals surface area contributed by atoms with Gasteiger partial charge in [0.1, 0.15) is 11.2 Å². The predicted molar refractivity (Wildman–Crippen MR) is 254 cm³/mol. The number of rotatable bonds is 7. The van der Waals surface area contributed by atoms with E-state index in [4.69, 9.17) is 14.4 Å². The predicted octanol–water partition coefficient (Wildman–Crippen LogP) is 15.1. The molecule has 0 fully saturated rings. The zero-order valence-electron chi connectivity index (χ0n) is 33.7. The molecular formula is C59H38N2O. The summed E-state index contributed by atoms with van der Waals surface area (Å²) in [6.07, 6.45) is 0. The van der Waals surface area contributed by atoms with Gasteiger partial charge in [0.2, 0.25) is 0 Å². The van der Waals surface area contributed by atoms with Gasteiger partial charge in [0, 0.05) is 33.0 Å². The van der Waals surface area contributed by atoms with Gasteiger partial charge < -0.3 is 4.42 Å². The highest BCUT2D eigenvalue weighted by Gasteiger charge is 2.46. The molecule has 1 aliphatic rings. The van der Waals surface area contributed by atoms with E-state index in [0.717, 1.165) is 72.3 Å². The summed E-state index contributed by atoms with van der Waals surface area (Å²) in [5, 5.41) is 2.25. The molecule has 9 aromatic carbocycles. The third-order valence-electron chi connectivity index (χ3n) is 12.6. The van der Waals surface area contributed by atoms with Gasteiger partial charge in [0.15, 0.2) is 5.82 Å². The molecule has 1 aliphatic carbocycles. The Bertz CT molecular complexity index is 3420. The Labute approximate surface area is 360 Å². The lowest BCUT2D eigenvalue weighted by molar-refractivity contribution is 0.670. The normalized spacial score (nSPS) is 12.6. The van der Waals surface area contributed by atoms with Gasteiger partial charge in [-0.3, -0.25) is 0 Å². The number of para-hydroxylation sites is 2. The lowest BCUT2D eigenvalue weighted by atomic mass is 9.67. The molecule has 0 unspecified atom stereocenters. The molecule has 11 aromatic rings. The number of fused-ring (bicyclic) bond motifs is 6. The second kappa shape index (κ2) is 14.5. The van der Waals surface area contributed by atoms with Crippen LogP contribution in [0.1, 0.15) is 22.3 Å². The summed E-state index contributed by atoms with van der Waals surface area (Å²) in [5.74, 6) is 0.688. The van der Waals surface area contributed by atoms with E-state index < -0.39 is 5.41 Å². The summed E-state index contributed by atoms with van der Waals surface area (Å²) in [5.41, 5.74) is 18.0. The molecular weight excluding hydrogens is 753 g/mol. The van der Waals surface area contributed by atoms with Crippen molar-refractivity contribution in [1.82, 2.24) is 9.97 Å². The summed E-state index contributed by atoms with van der Waals surface area (Å²) < 4.78 is 6.43. The molecule has 0 spiro atoms. The Balaban J connectivity index is 0.988. The number of nitrogens with zero attached hydrogens (tertiary/aromatic N) is 2. The Kier molecular flexibility index (Phi) is 8.39. The Morgan fingerprint density at radius 1 is 0.323 bits per heavy atom. The standard InChI is InChI=1S/C59H38N2O/c1-4-17-39(18-5-1)58-60-54(43-22-15-20-41(36-43)40-19-14-21-42(35-40)47-29-16-30-50-49-28-11-13-32-56(49)62-57(47)50)38-55(61-58)44-33-34-53-51(37-44)48-27-10-12-31-52(48)59(53,45-23-6-2-7-24-45)46-25-8-3-9-26-46/h1-38H. The quantitative estimate of drug-likeness (QED) is 0.161. The third kappa shape index (κ3) is 5.74. The molecule has 62 heavy (non-hydrogen) atoms. The van der Waals surface area contributed by atoms with Crippen molar-refractivity contribution in [2.75, 3.05) is 0 Å². The first-order chi connectivity index (χ1) is 30.7. The van der Waals surface area contributed by atoms with Gasteiger partial charge in [-0.15, -0.1) is 0 Å². The Morgan fingerprint density at radius 2 is 0.839 bits per heavy atom. The Morgan fingerprint density at radius 3 is 1.58 bits per heavy atom. The monoisotopic (exact) mass is 790 g/mol. The zero-order valence-corrected chi connectivity index (χ0v) is 33.7. The SMILES string of the molecule is c1ccc(-c2nc(-c3cccc(-c4cccc(-c5cccc6c5oc5ccccc56)c4)c3)cc(-c3ccc4c(c3)-c3ccccc3C4(c3ccccc3)c3ccccc3)n2)cc1. The van der Waals surface area contributed by atoms with E-state index in [2.05, 4.69) is 200 Å². The van der Waals surface area contributed by atoms with E-state index in [-0.39, 0.29) is 0 Å². The van der Waals surface area contributed by atoms with Crippen molar-refractivity contribution < 1.29 is 4.42 Å². The van der Waals surface area contributed by atoms with Crippen LogP contribution in [0.4, 0.5) is 0 Å². The van der Waals surface area contributed by atoms with E-state index in [1.165, 1.54) is 33.4 Å². The van der Waals surface area contributed by atoms with E-state index in [9.17, 15) is 0 Å². The van der Waals surface area contributed by atoms with Crippen molar-refractivity contribution in [2.24, 2.45) is 0 Å². The van der Waals surface area contributed by atoms with Crippen LogP contribution in [0.5, 0.6) is 0 Å². The smallest absolute Gasteiger partial charge is 0.160 e. The van der Waals surface area contributed by atoms with Gasteiger partial charge in [-0.25, -0.2) is 9.97 Å². The minimum Gasteiger partial charge on any atom is -0.455 e. The first-order valence-electron chi connectivity index (χ1n) is 21.1. The first-order valence-corrected chi connectivity index (χ1v) is 21.1. The maximum atomic E-state index is 6.43. The molecule has 0 N–H and O–H groups in total. The van der Waals surface area contributed by atoms with Gasteiger partial charge in [-0.05, 0) is 80.4 Å². The highest BCUT2D eigenvalue weighted by Crippen LogP contribution is 2.56. The van der Waals surface area contributed by atoms with Crippen molar-refractivity contribution in [3.8, 4) is 67.3 Å². The minimum atomic E-state index is -0.463. The van der Waals surface area contributed by atoms with Gasteiger partial charge in [0.05, 0.1) is 16.8 Å². The van der Waals surface area contributed by atoms with Crippen LogP contribution in [0.2, 0.25) is 0 Å². The van der Waals surface area contributed by atoms with Crippen LogP contribution in [0.3, 0.4) is 0 Å². The highest BCUT2D eigenvalue weighted by atomic mass is 16.3. The van der Waals surface area contributed by atoms with Crippen molar-refractivity contribution in [2.45, 2.75) is 5.41 Å². The van der Waals surface area contributed by atoms with Crippen LogP contribution in [-0.2, 0) is 5.41 Å². The molecule has 2 heterocycles. The van der Waals surface area contributed by atoms with Gasteiger partial charge >= 0.3 is 0 Å². The average molecular weight is 791 g/mol. The molecule has 2 aromatic heterocycles. The zero-order chi connectivity index (χ0) is 41.0. The summed E-state index contributed by atoms with van der Waals surface area (Å²) in [4.78, 5) is 10.5. The molecule has 0 aliphatic heterocycles. The summed E-state index contributed by atoms with van der Waals surface area (Å²) in [6, 6.07) is 82.2. The molecule has 12 rings (SSSR count). The fourth-order valence-corrected chi connectivity index (χ4v) is 9.77. The van der Waals surface area contributed by atoms with E-state index in [1.807, 2.05) is 30.3 Å². The van der Waals surface area contributed by atoms with Crippen molar-refractivity contribution in [1.29, 1.82) is 0 Å². The van der Waals surface area contributed by atoms with Gasteiger partial charge in [-0.2, -0.15) is 0 Å². The van der Waals surface area contributed by atoms with Crippen molar-refractivity contribution >= 4 is 21.9 Å². The van der Waals surface area contributed by atoms with Crippen LogP contribution >= 0.6 is 0 Å². The van der Waals surface area contributed by atoms with Crippen LogP contribution in [0.15, 0.2) is 235 Å². The van der Waals surface area contributed by atoms with E-state index >= 15 is 0 Å². The van der Waals surface area contributed by atoms with Crippen LogP contribution < -0.4 is 0 Å². The fraction of sp³-hybridized carbons (Fsp3) is 0.0169. The maximum absolute atomic E-state index is 6.43. The molecule has 3 nitrogen and oxygen atoms in total. The molecule has 3 heteroatoms. The summed E-state index contributed by atoms with van der Waals surface area (Å²) in [7, 11) is 0. The number of aromatic nitrogens is 2. The number of furan rings is 1. The summed E-state index contributed by atoms with van der Waals surface area (Å²) >= 11 is 0. The lowest BCUT2D eigenvalue weighted by Gasteiger charge is -2.33. The fourth-order valence-electron chi connectivity index (χ4n) is 9.77. The largest absolute Gasteiger partial charge is 0.455 e. The van der Waals surface area contributed by atoms with Crippen molar-refractivity contribution in [3.63, 3.8) is 0 Å². The minimum absolute atomic E-state index is 0.463. The number of hydrogen-bond donors (Lipinski definition) is 0. The number of benzene rings is 9. The molecule has 0 bridgehead atoms. The lowest BCUT2D eigenvalue weighted by Crippen LogP contribution is -2.28. The molecule has 0 radical (unpaired) electrons. The highest BCUT2D eigenvalue weighted by molar-refractivity contribution is 6.09. The number of hydrogen-bond acceptors (Lipinski definition) is 3. The van der Waals surface area contributed by atoms with Crippen LogP contribution in [0.25, 0.3) is 89.2 Å². The molecule has 290 valence electrons. The molecule has 0 saturated heterocycles. The molecule has 0 saturated carbocycles. The molecule has 0 atom stereocenters. The first kappa shape index (κ1) is 35.8. The second-order valence-electron chi connectivity index (χ2n) is 16.1. The average Bonchev–Trinajstić information content (AvgIpc) is 3.89. The molecule has 0 amide bonds. The topological polar surface area (TPSA) is 38.9 Å². The van der Waals surface area contributed by atoms with Crippen LogP contribution in [-0.4, -0.2) is 9.97 Å². The van der Waals surface area contributed by atoms with Gasteiger partial charge in [-0.1, -0.05) is 200 Å². The van der Waals surface area contributed by atoms with E-state index in [0.29, 0.717) is 5.82 Å². The third-order valence-corrected chi connectivity index (χ3v) is 12.6. The van der Waals surface area contributed by atoms with E-state index in [1.54, 1.807) is 0 Å². The summed E-state index contributed by atoms with van der Waals surface area (Å²) in [6.45, 7) is 0. The van der Waals surface area contributed by atoms with Gasteiger partial charge in [0.25, 0.3) is 0 Å². The van der Waals surface area contributed by atoms with Crippen LogP contribution in [0, 0.1) is 0 Å².